The lowest BCUT2D eigenvalue weighted by atomic mass is 10.2. The maximum absolute atomic E-state index is 13.1. The second kappa shape index (κ2) is 8.19. The lowest BCUT2D eigenvalue weighted by Crippen LogP contribution is -2.43. The summed E-state index contributed by atoms with van der Waals surface area (Å²) in [6.45, 7) is 4.43. The van der Waals surface area contributed by atoms with Crippen LogP contribution in [0.25, 0.3) is 5.69 Å². The predicted octanol–water partition coefficient (Wildman–Crippen LogP) is 0.455. The molecule has 9 nitrogen and oxygen atoms in total. The second-order valence-corrected chi connectivity index (χ2v) is 6.02. The quantitative estimate of drug-likeness (QED) is 0.754. The van der Waals surface area contributed by atoms with Gasteiger partial charge < -0.3 is 19.6 Å². The van der Waals surface area contributed by atoms with Gasteiger partial charge in [-0.05, 0) is 19.1 Å². The van der Waals surface area contributed by atoms with Crippen LogP contribution in [-0.2, 0) is 11.3 Å². The van der Waals surface area contributed by atoms with E-state index in [0.29, 0.717) is 38.7 Å². The Balaban J connectivity index is 2.16. The molecule has 1 aromatic carbocycles. The number of nitrogens with one attached hydrogen (secondary N) is 1. The smallest absolute Gasteiger partial charge is 0.352 e. The predicted molar refractivity (Wildman–Crippen MR) is 96.9 cm³/mol. The average molecular weight is 375 g/mol. The van der Waals surface area contributed by atoms with E-state index >= 15 is 0 Å². The lowest BCUT2D eigenvalue weighted by molar-refractivity contribution is 0.0336. The van der Waals surface area contributed by atoms with Gasteiger partial charge in [-0.1, -0.05) is 12.1 Å². The van der Waals surface area contributed by atoms with Crippen LogP contribution in [0.1, 0.15) is 23.0 Å². The van der Waals surface area contributed by atoms with Crippen molar-refractivity contribution in [1.82, 2.24) is 14.5 Å². The molecule has 0 spiro atoms. The number of carbonyl (C=O) groups is 1. The molecule has 9 heteroatoms. The second-order valence-electron chi connectivity index (χ2n) is 6.02. The van der Waals surface area contributed by atoms with E-state index in [1.807, 2.05) is 4.90 Å². The van der Waals surface area contributed by atoms with E-state index in [9.17, 15) is 19.5 Å². The summed E-state index contributed by atoms with van der Waals surface area (Å²) >= 11 is 0. The van der Waals surface area contributed by atoms with Crippen LogP contribution in [0.4, 0.5) is 0 Å². The summed E-state index contributed by atoms with van der Waals surface area (Å²) in [6.07, 6.45) is 0. The van der Waals surface area contributed by atoms with Crippen LogP contribution in [-0.4, -0.2) is 58.4 Å². The Bertz CT molecular complexity index is 943. The SMILES string of the molecule is CCOc1ccccc1-n1c(=O)[nH]c(C(=O)O)c(CN2CCOCC2)c1=O. The first kappa shape index (κ1) is 18.9. The van der Waals surface area contributed by atoms with Crippen molar-refractivity contribution in [2.75, 3.05) is 32.9 Å². The number of hydrogen-bond acceptors (Lipinski definition) is 6. The number of carboxylic acids is 1. The zero-order chi connectivity index (χ0) is 19.4. The maximum atomic E-state index is 13.1. The molecule has 1 aliphatic heterocycles. The minimum Gasteiger partial charge on any atom is -0.492 e. The number of aromatic amines is 1. The van der Waals surface area contributed by atoms with Gasteiger partial charge in [0.1, 0.15) is 11.4 Å². The number of ether oxygens (including phenoxy) is 2. The number of morpholine rings is 1. The van der Waals surface area contributed by atoms with E-state index in [1.54, 1.807) is 31.2 Å². The lowest BCUT2D eigenvalue weighted by Gasteiger charge is -2.26. The molecular formula is C18H21N3O6. The van der Waals surface area contributed by atoms with Crippen LogP contribution >= 0.6 is 0 Å². The molecule has 2 aromatic rings. The summed E-state index contributed by atoms with van der Waals surface area (Å²) in [4.78, 5) is 41.5. The zero-order valence-corrected chi connectivity index (χ0v) is 14.9. The van der Waals surface area contributed by atoms with E-state index in [2.05, 4.69) is 4.98 Å². The van der Waals surface area contributed by atoms with Gasteiger partial charge in [0.2, 0.25) is 0 Å². The minimum absolute atomic E-state index is 0.0234. The molecule has 0 aliphatic carbocycles. The molecule has 0 radical (unpaired) electrons. The van der Waals surface area contributed by atoms with E-state index in [0.717, 1.165) is 4.57 Å². The van der Waals surface area contributed by atoms with Crippen molar-refractivity contribution >= 4 is 5.97 Å². The summed E-state index contributed by atoms with van der Waals surface area (Å²) in [7, 11) is 0. The van der Waals surface area contributed by atoms with Crippen molar-refractivity contribution in [3.05, 3.63) is 56.4 Å². The number of para-hydroxylation sites is 2. The standard InChI is InChI=1S/C18H21N3O6/c1-2-27-14-6-4-3-5-13(14)21-16(22)12(11-20-7-9-26-10-8-20)15(17(23)24)19-18(21)25/h3-6H,2,7-11H2,1H3,(H,19,25)(H,23,24). The maximum Gasteiger partial charge on any atom is 0.352 e. The molecule has 2 N–H and O–H groups in total. The highest BCUT2D eigenvalue weighted by Gasteiger charge is 2.23. The van der Waals surface area contributed by atoms with Gasteiger partial charge in [-0.15, -0.1) is 0 Å². The summed E-state index contributed by atoms with van der Waals surface area (Å²) in [5.74, 6) is -0.981. The Kier molecular flexibility index (Phi) is 5.72. The van der Waals surface area contributed by atoms with E-state index in [4.69, 9.17) is 9.47 Å². The van der Waals surface area contributed by atoms with Crippen LogP contribution in [0.15, 0.2) is 33.9 Å². The van der Waals surface area contributed by atoms with E-state index in [1.165, 1.54) is 0 Å². The molecular weight excluding hydrogens is 354 g/mol. The third-order valence-electron chi connectivity index (χ3n) is 4.30. The van der Waals surface area contributed by atoms with Gasteiger partial charge in [0, 0.05) is 19.6 Å². The number of nitrogens with zero attached hydrogens (tertiary/aromatic N) is 2. The molecule has 144 valence electrons. The fraction of sp³-hybridized carbons (Fsp3) is 0.389. The number of rotatable bonds is 6. The number of benzene rings is 1. The Labute approximate surface area is 154 Å². The highest BCUT2D eigenvalue weighted by Crippen LogP contribution is 2.20. The number of hydrogen-bond donors (Lipinski definition) is 2. The Hall–Kier alpha value is -2.91. The Morgan fingerprint density at radius 2 is 1.96 bits per heavy atom. The molecule has 0 atom stereocenters. The first-order valence-corrected chi connectivity index (χ1v) is 8.66. The van der Waals surface area contributed by atoms with Gasteiger partial charge >= 0.3 is 11.7 Å². The van der Waals surface area contributed by atoms with Crippen molar-refractivity contribution in [2.24, 2.45) is 0 Å². The van der Waals surface area contributed by atoms with Gasteiger partial charge in [-0.3, -0.25) is 9.69 Å². The monoisotopic (exact) mass is 375 g/mol. The molecule has 1 aromatic heterocycles. The largest absolute Gasteiger partial charge is 0.492 e. The summed E-state index contributed by atoms with van der Waals surface area (Å²) in [5, 5.41) is 9.46. The Morgan fingerprint density at radius 3 is 2.63 bits per heavy atom. The Morgan fingerprint density at radius 1 is 1.26 bits per heavy atom. The fourth-order valence-electron chi connectivity index (χ4n) is 3.02. The van der Waals surface area contributed by atoms with Crippen LogP contribution in [0.5, 0.6) is 5.75 Å². The first-order valence-electron chi connectivity index (χ1n) is 8.66. The molecule has 1 fully saturated rings. The average Bonchev–Trinajstić information content (AvgIpc) is 2.66. The van der Waals surface area contributed by atoms with E-state index in [-0.39, 0.29) is 23.5 Å². The molecule has 27 heavy (non-hydrogen) atoms. The van der Waals surface area contributed by atoms with Gasteiger partial charge in [-0.2, -0.15) is 0 Å². The zero-order valence-electron chi connectivity index (χ0n) is 14.9. The van der Waals surface area contributed by atoms with Crippen molar-refractivity contribution < 1.29 is 19.4 Å². The first-order chi connectivity index (χ1) is 13.0. The minimum atomic E-state index is -1.35. The van der Waals surface area contributed by atoms with Gasteiger partial charge in [0.15, 0.2) is 0 Å². The fourth-order valence-corrected chi connectivity index (χ4v) is 3.02. The molecule has 2 heterocycles. The molecule has 0 unspecified atom stereocenters. The molecule has 0 amide bonds. The van der Waals surface area contributed by atoms with Gasteiger partial charge in [0.05, 0.1) is 31.1 Å². The van der Waals surface area contributed by atoms with Crippen LogP contribution in [0.2, 0.25) is 0 Å². The van der Waals surface area contributed by atoms with Gasteiger partial charge in [0.25, 0.3) is 5.56 Å². The summed E-state index contributed by atoms with van der Waals surface area (Å²) in [5.41, 5.74) is -1.59. The third kappa shape index (κ3) is 3.93. The van der Waals surface area contributed by atoms with Crippen molar-refractivity contribution in [3.63, 3.8) is 0 Å². The number of aromatic carboxylic acids is 1. The molecule has 1 saturated heterocycles. The normalized spacial score (nSPS) is 14.9. The number of H-pyrrole nitrogens is 1. The third-order valence-corrected chi connectivity index (χ3v) is 4.30. The molecule has 3 rings (SSSR count). The topological polar surface area (TPSA) is 114 Å². The van der Waals surface area contributed by atoms with Crippen LogP contribution < -0.4 is 16.0 Å². The summed E-state index contributed by atoms with van der Waals surface area (Å²) < 4.78 is 11.7. The highest BCUT2D eigenvalue weighted by molar-refractivity contribution is 5.86. The van der Waals surface area contributed by atoms with Crippen LogP contribution in [0.3, 0.4) is 0 Å². The molecule has 1 aliphatic rings. The van der Waals surface area contributed by atoms with Crippen molar-refractivity contribution in [3.8, 4) is 11.4 Å². The highest BCUT2D eigenvalue weighted by atomic mass is 16.5. The molecule has 0 saturated carbocycles. The summed E-state index contributed by atoms with van der Waals surface area (Å²) in [6, 6.07) is 6.64. The van der Waals surface area contributed by atoms with Crippen molar-refractivity contribution in [1.29, 1.82) is 0 Å². The van der Waals surface area contributed by atoms with E-state index < -0.39 is 17.2 Å². The van der Waals surface area contributed by atoms with Crippen molar-refractivity contribution in [2.45, 2.75) is 13.5 Å². The number of carboxylic acid groups (broad SMARTS) is 1. The van der Waals surface area contributed by atoms with Crippen LogP contribution in [0, 0.1) is 0 Å². The molecule has 0 bridgehead atoms. The number of aromatic nitrogens is 2. The van der Waals surface area contributed by atoms with Gasteiger partial charge in [-0.25, -0.2) is 14.2 Å².